The molecular formula is C28H32N4O7S. The van der Waals surface area contributed by atoms with Crippen molar-refractivity contribution in [3.05, 3.63) is 65.2 Å². The van der Waals surface area contributed by atoms with Crippen LogP contribution in [0.3, 0.4) is 0 Å². The van der Waals surface area contributed by atoms with Crippen molar-refractivity contribution in [1.29, 1.82) is 0 Å². The fraction of sp³-hybridized carbons (Fsp3) is 0.393. The lowest BCUT2D eigenvalue weighted by molar-refractivity contribution is -0.143. The van der Waals surface area contributed by atoms with Gasteiger partial charge in [-0.2, -0.15) is 0 Å². The molecule has 3 heterocycles. The lowest BCUT2D eigenvalue weighted by Crippen LogP contribution is -2.52. The van der Waals surface area contributed by atoms with E-state index < -0.39 is 38.9 Å². The van der Waals surface area contributed by atoms with E-state index in [0.717, 1.165) is 17.4 Å². The number of morpholine rings is 1. The van der Waals surface area contributed by atoms with Gasteiger partial charge in [-0.1, -0.05) is 30.3 Å². The number of hydrogen-bond acceptors (Lipinski definition) is 8. The van der Waals surface area contributed by atoms with Crippen molar-refractivity contribution in [2.75, 3.05) is 65.4 Å². The third-order valence-electron chi connectivity index (χ3n) is 7.79. The second kappa shape index (κ2) is 10.4. The highest BCUT2D eigenvalue weighted by Crippen LogP contribution is 2.53. The number of nitrogens with zero attached hydrogens (tertiary/aromatic N) is 4. The minimum absolute atomic E-state index is 0.00782. The topological polar surface area (TPSA) is 128 Å². The number of ether oxygens (including phenoxy) is 1. The van der Waals surface area contributed by atoms with Crippen LogP contribution in [0.1, 0.15) is 17.5 Å². The van der Waals surface area contributed by atoms with Crippen molar-refractivity contribution in [2.24, 2.45) is 0 Å². The van der Waals surface area contributed by atoms with Gasteiger partial charge in [-0.15, -0.1) is 0 Å². The maximum absolute atomic E-state index is 14.1. The number of Topliss-reactive ketones (excluding diaryl/α,β-unsaturated/α-hetero) is 1. The number of rotatable bonds is 7. The molecule has 1 N–H and O–H groups in total. The lowest BCUT2D eigenvalue weighted by atomic mass is 9.82. The molecule has 2 aromatic carbocycles. The van der Waals surface area contributed by atoms with Gasteiger partial charge in [0.1, 0.15) is 5.76 Å². The Morgan fingerprint density at radius 1 is 1.02 bits per heavy atom. The second-order valence-corrected chi connectivity index (χ2v) is 12.4. The number of aliphatic hydroxyl groups excluding tert-OH is 1. The van der Waals surface area contributed by atoms with Gasteiger partial charge in [-0.05, 0) is 24.6 Å². The number of sulfonamides is 1. The Bertz CT molecular complexity index is 1510. The zero-order chi connectivity index (χ0) is 28.8. The zero-order valence-electron chi connectivity index (χ0n) is 22.7. The van der Waals surface area contributed by atoms with E-state index in [2.05, 4.69) is 4.90 Å². The highest BCUT2D eigenvalue weighted by Gasteiger charge is 2.66. The monoisotopic (exact) mass is 568 g/mol. The van der Waals surface area contributed by atoms with Gasteiger partial charge >= 0.3 is 0 Å². The highest BCUT2D eigenvalue weighted by molar-refractivity contribution is 7.89. The molecule has 0 aromatic heterocycles. The number of para-hydroxylation sites is 1. The summed E-state index contributed by atoms with van der Waals surface area (Å²) in [6.45, 7) is 3.47. The van der Waals surface area contributed by atoms with Crippen LogP contribution in [0, 0.1) is 0 Å². The smallest absolute Gasteiger partial charge is 0.296 e. The Morgan fingerprint density at radius 3 is 2.42 bits per heavy atom. The van der Waals surface area contributed by atoms with Crippen molar-refractivity contribution in [1.82, 2.24) is 14.1 Å². The molecule has 0 aliphatic carbocycles. The van der Waals surface area contributed by atoms with Crippen LogP contribution in [0.25, 0.3) is 5.76 Å². The third-order valence-corrected chi connectivity index (χ3v) is 9.60. The molecule has 2 saturated heterocycles. The zero-order valence-corrected chi connectivity index (χ0v) is 23.5. The molecule has 40 heavy (non-hydrogen) atoms. The summed E-state index contributed by atoms with van der Waals surface area (Å²) < 4.78 is 32.0. The molecular weight excluding hydrogens is 536 g/mol. The van der Waals surface area contributed by atoms with Gasteiger partial charge in [0.15, 0.2) is 5.54 Å². The van der Waals surface area contributed by atoms with Crippen LogP contribution in [0.15, 0.2) is 59.0 Å². The maximum Gasteiger partial charge on any atom is 0.296 e. The maximum atomic E-state index is 14.1. The molecule has 2 amide bonds. The first-order valence-corrected chi connectivity index (χ1v) is 14.5. The Balaban J connectivity index is 1.66. The van der Waals surface area contributed by atoms with E-state index in [1.165, 1.54) is 48.2 Å². The SMILES string of the molecule is CN1C(=O)C2(C(=C(O)c3cccc(S(=O)(=O)N(C)C)c3)C(=O)C(=O)N2CCCN2CCOCC2)c2ccccc21. The Morgan fingerprint density at radius 2 is 1.73 bits per heavy atom. The standard InChI is InChI=1S/C28H32N4O7S/c1-29(2)40(37,38)20-9-6-8-19(18-20)24(33)23-25(34)26(35)32(13-7-12-31-14-16-39-17-15-31)28(23)21-10-4-5-11-22(21)30(3)27(28)36/h4-6,8-11,18,33H,7,12-17H2,1-3H3. The van der Waals surface area contributed by atoms with Crippen LogP contribution in [0.4, 0.5) is 5.69 Å². The van der Waals surface area contributed by atoms with E-state index in [4.69, 9.17) is 4.74 Å². The summed E-state index contributed by atoms with van der Waals surface area (Å²) in [5, 5.41) is 11.6. The number of likely N-dealkylation sites (N-methyl/N-ethyl adjacent to an activating group) is 1. The second-order valence-electron chi connectivity index (χ2n) is 10.2. The van der Waals surface area contributed by atoms with Crippen LogP contribution in [0.2, 0.25) is 0 Å². The Labute approximate surface area is 233 Å². The number of carbonyl (C=O) groups excluding carboxylic acids is 3. The Hall–Kier alpha value is -3.58. The molecule has 0 bridgehead atoms. The van der Waals surface area contributed by atoms with Crippen LogP contribution >= 0.6 is 0 Å². The molecule has 1 spiro atoms. The van der Waals surface area contributed by atoms with E-state index in [1.54, 1.807) is 31.3 Å². The van der Waals surface area contributed by atoms with Gasteiger partial charge in [-0.3, -0.25) is 19.3 Å². The average molecular weight is 569 g/mol. The van der Waals surface area contributed by atoms with Crippen LogP contribution in [0.5, 0.6) is 0 Å². The minimum Gasteiger partial charge on any atom is -0.507 e. The molecule has 2 aromatic rings. The summed E-state index contributed by atoms with van der Waals surface area (Å²) in [5.74, 6) is -3.04. The van der Waals surface area contributed by atoms with E-state index >= 15 is 0 Å². The fourth-order valence-electron chi connectivity index (χ4n) is 5.71. The summed E-state index contributed by atoms with van der Waals surface area (Å²) in [4.78, 5) is 46.1. The van der Waals surface area contributed by atoms with E-state index in [9.17, 15) is 27.9 Å². The molecule has 3 aliphatic rings. The lowest BCUT2D eigenvalue weighted by Gasteiger charge is -2.35. The van der Waals surface area contributed by atoms with Crippen molar-refractivity contribution < 1.29 is 32.6 Å². The number of amides is 2. The quantitative estimate of drug-likeness (QED) is 0.300. The van der Waals surface area contributed by atoms with Crippen molar-refractivity contribution in [3.63, 3.8) is 0 Å². The molecule has 11 nitrogen and oxygen atoms in total. The highest BCUT2D eigenvalue weighted by atomic mass is 32.2. The predicted molar refractivity (Wildman–Crippen MR) is 147 cm³/mol. The van der Waals surface area contributed by atoms with Crippen LogP contribution in [-0.4, -0.2) is 106 Å². The van der Waals surface area contributed by atoms with Gasteiger partial charge in [0.2, 0.25) is 10.0 Å². The van der Waals surface area contributed by atoms with E-state index in [0.29, 0.717) is 37.4 Å². The van der Waals surface area contributed by atoms with Gasteiger partial charge in [0.25, 0.3) is 17.6 Å². The number of anilines is 1. The summed E-state index contributed by atoms with van der Waals surface area (Å²) in [7, 11) is 0.467. The average Bonchev–Trinajstić information content (AvgIpc) is 3.31. The van der Waals surface area contributed by atoms with Gasteiger partial charge in [0.05, 0.1) is 23.7 Å². The van der Waals surface area contributed by atoms with E-state index in [-0.39, 0.29) is 22.6 Å². The predicted octanol–water partition coefficient (Wildman–Crippen LogP) is 1.21. The number of benzene rings is 2. The first kappa shape index (κ1) is 28.0. The third kappa shape index (κ3) is 4.22. The largest absolute Gasteiger partial charge is 0.507 e. The number of aliphatic hydroxyl groups is 1. The number of likely N-dealkylation sites (tertiary alicyclic amines) is 1. The minimum atomic E-state index is -3.86. The number of fused-ring (bicyclic) bond motifs is 2. The van der Waals surface area contributed by atoms with Crippen molar-refractivity contribution in [2.45, 2.75) is 16.9 Å². The van der Waals surface area contributed by atoms with Crippen LogP contribution < -0.4 is 4.90 Å². The van der Waals surface area contributed by atoms with Gasteiger partial charge in [-0.25, -0.2) is 12.7 Å². The normalized spacial score (nSPS) is 23.1. The molecule has 2 fully saturated rings. The molecule has 212 valence electrons. The van der Waals surface area contributed by atoms with Gasteiger partial charge in [0, 0.05) is 64.1 Å². The first-order chi connectivity index (χ1) is 19.0. The molecule has 3 aliphatic heterocycles. The first-order valence-electron chi connectivity index (χ1n) is 13.0. The number of ketones is 1. The molecule has 1 atom stereocenters. The summed E-state index contributed by atoms with van der Waals surface area (Å²) in [6.07, 6.45) is 0.491. The number of carbonyl (C=O) groups is 3. The van der Waals surface area contributed by atoms with Crippen molar-refractivity contribution >= 4 is 39.1 Å². The molecule has 5 rings (SSSR count). The van der Waals surface area contributed by atoms with E-state index in [1.807, 2.05) is 0 Å². The molecule has 1 unspecified atom stereocenters. The Kier molecular flexibility index (Phi) is 7.29. The van der Waals surface area contributed by atoms with Crippen LogP contribution in [-0.2, 0) is 34.7 Å². The summed E-state index contributed by atoms with van der Waals surface area (Å²) in [5.41, 5.74) is -1.32. The molecule has 0 radical (unpaired) electrons. The molecule has 0 saturated carbocycles. The van der Waals surface area contributed by atoms with Gasteiger partial charge < -0.3 is 19.6 Å². The fourth-order valence-corrected chi connectivity index (χ4v) is 6.66. The summed E-state index contributed by atoms with van der Waals surface area (Å²) >= 11 is 0. The summed E-state index contributed by atoms with van der Waals surface area (Å²) in [6, 6.07) is 12.4. The van der Waals surface area contributed by atoms with Crippen molar-refractivity contribution in [3.8, 4) is 0 Å². The number of hydrogen-bond donors (Lipinski definition) is 1. The molecule has 12 heteroatoms.